The van der Waals surface area contributed by atoms with Crippen molar-refractivity contribution in [3.63, 3.8) is 0 Å². The van der Waals surface area contributed by atoms with Gasteiger partial charge in [-0.1, -0.05) is 39.5 Å². The van der Waals surface area contributed by atoms with Gasteiger partial charge < -0.3 is 10.8 Å². The molecule has 0 unspecified atom stereocenters. The normalized spacial score (nSPS) is 11.6. The van der Waals surface area contributed by atoms with Crippen molar-refractivity contribution in [1.82, 2.24) is 0 Å². The van der Waals surface area contributed by atoms with Gasteiger partial charge in [0.25, 0.3) is 0 Å². The fourth-order valence-electron chi connectivity index (χ4n) is 1.66. The predicted molar refractivity (Wildman–Crippen MR) is 58.2 cm³/mol. The quantitative estimate of drug-likeness (QED) is 0.634. The molecular weight excluding hydrogens is 178 g/mol. The third kappa shape index (κ3) is 3.66. The van der Waals surface area contributed by atoms with Crippen LogP contribution in [0.25, 0.3) is 0 Å². The van der Waals surface area contributed by atoms with E-state index in [-0.39, 0.29) is 6.54 Å². The molecule has 0 heterocycles. The van der Waals surface area contributed by atoms with Crippen molar-refractivity contribution >= 4 is 5.97 Å². The summed E-state index contributed by atoms with van der Waals surface area (Å²) in [4.78, 5) is 11.2. The minimum Gasteiger partial charge on any atom is -0.481 e. The molecule has 3 N–H and O–H groups in total. The molecule has 3 heteroatoms. The Kier molecular flexibility index (Phi) is 6.54. The van der Waals surface area contributed by atoms with E-state index >= 15 is 0 Å². The minimum absolute atomic E-state index is 0.266. The summed E-state index contributed by atoms with van der Waals surface area (Å²) in [7, 11) is 0. The van der Waals surface area contributed by atoms with Crippen LogP contribution >= 0.6 is 0 Å². The lowest BCUT2D eigenvalue weighted by atomic mass is 9.78. The van der Waals surface area contributed by atoms with E-state index in [1.165, 1.54) is 0 Å². The van der Waals surface area contributed by atoms with Crippen LogP contribution in [0, 0.1) is 5.41 Å². The minimum atomic E-state index is -0.720. The Labute approximate surface area is 86.7 Å². The Morgan fingerprint density at radius 3 is 1.86 bits per heavy atom. The maximum absolute atomic E-state index is 11.2. The highest BCUT2D eigenvalue weighted by Crippen LogP contribution is 2.30. The molecule has 0 aliphatic carbocycles. The molecule has 0 aromatic rings. The van der Waals surface area contributed by atoms with Gasteiger partial charge in [-0.2, -0.15) is 0 Å². The third-order valence-corrected chi connectivity index (χ3v) is 2.86. The van der Waals surface area contributed by atoms with Crippen molar-refractivity contribution in [1.29, 1.82) is 0 Å². The van der Waals surface area contributed by atoms with Gasteiger partial charge in [0.1, 0.15) is 0 Å². The molecule has 0 aliphatic heterocycles. The highest BCUT2D eigenvalue weighted by Gasteiger charge is 2.35. The lowest BCUT2D eigenvalue weighted by Crippen LogP contribution is -2.38. The number of aliphatic carboxylic acids is 1. The second kappa shape index (κ2) is 6.82. The molecule has 3 nitrogen and oxygen atoms in total. The molecule has 0 rings (SSSR count). The van der Waals surface area contributed by atoms with Crippen LogP contribution in [0.4, 0.5) is 0 Å². The molecule has 0 atom stereocenters. The summed E-state index contributed by atoms with van der Waals surface area (Å²) in [5.74, 6) is -0.720. The monoisotopic (exact) mass is 201 g/mol. The van der Waals surface area contributed by atoms with Gasteiger partial charge in [0.05, 0.1) is 5.41 Å². The van der Waals surface area contributed by atoms with E-state index in [1.807, 2.05) is 0 Å². The van der Waals surface area contributed by atoms with Gasteiger partial charge in [-0.05, 0) is 12.8 Å². The number of carboxylic acids is 1. The zero-order chi connectivity index (χ0) is 11.0. The number of hydrogen-bond donors (Lipinski definition) is 2. The van der Waals surface area contributed by atoms with Crippen LogP contribution in [-0.2, 0) is 4.79 Å². The largest absolute Gasteiger partial charge is 0.481 e. The van der Waals surface area contributed by atoms with Crippen molar-refractivity contribution in [2.75, 3.05) is 6.54 Å². The van der Waals surface area contributed by atoms with Gasteiger partial charge >= 0.3 is 5.97 Å². The highest BCUT2D eigenvalue weighted by atomic mass is 16.4. The van der Waals surface area contributed by atoms with E-state index in [4.69, 9.17) is 5.73 Å². The first-order valence-electron chi connectivity index (χ1n) is 5.56. The van der Waals surface area contributed by atoms with Crippen LogP contribution in [0.3, 0.4) is 0 Å². The van der Waals surface area contributed by atoms with Crippen LogP contribution in [0.15, 0.2) is 0 Å². The summed E-state index contributed by atoms with van der Waals surface area (Å²) in [5.41, 5.74) is 4.95. The number of carboxylic acid groups (broad SMARTS) is 1. The summed E-state index contributed by atoms with van der Waals surface area (Å²) < 4.78 is 0. The van der Waals surface area contributed by atoms with E-state index in [1.54, 1.807) is 0 Å². The second-order valence-corrected chi connectivity index (χ2v) is 4.00. The van der Waals surface area contributed by atoms with Crippen LogP contribution < -0.4 is 5.73 Å². The van der Waals surface area contributed by atoms with E-state index in [0.29, 0.717) is 0 Å². The van der Waals surface area contributed by atoms with Crippen LogP contribution in [0.2, 0.25) is 0 Å². The molecule has 0 saturated heterocycles. The zero-order valence-electron chi connectivity index (χ0n) is 9.38. The Hall–Kier alpha value is -0.570. The maximum Gasteiger partial charge on any atom is 0.310 e. The van der Waals surface area contributed by atoms with E-state index in [0.717, 1.165) is 38.5 Å². The number of unbranched alkanes of at least 4 members (excludes halogenated alkanes) is 2. The SMILES string of the molecule is CCCCC(CN)(CCCC)C(=O)O. The number of nitrogens with two attached hydrogens (primary N) is 1. The molecule has 14 heavy (non-hydrogen) atoms. The molecule has 0 saturated carbocycles. The Morgan fingerprint density at radius 1 is 1.21 bits per heavy atom. The molecule has 0 radical (unpaired) electrons. The lowest BCUT2D eigenvalue weighted by Gasteiger charge is -2.27. The van der Waals surface area contributed by atoms with Gasteiger partial charge in [0.15, 0.2) is 0 Å². The summed E-state index contributed by atoms with van der Waals surface area (Å²) in [5, 5.41) is 9.20. The average molecular weight is 201 g/mol. The molecule has 0 bridgehead atoms. The first-order valence-corrected chi connectivity index (χ1v) is 5.56. The van der Waals surface area contributed by atoms with E-state index < -0.39 is 11.4 Å². The highest BCUT2D eigenvalue weighted by molar-refractivity contribution is 5.74. The molecule has 0 aromatic heterocycles. The first kappa shape index (κ1) is 13.4. The predicted octanol–water partition coefficient (Wildman–Crippen LogP) is 2.40. The van der Waals surface area contributed by atoms with Crippen LogP contribution in [0.1, 0.15) is 52.4 Å². The van der Waals surface area contributed by atoms with Gasteiger partial charge in [-0.15, -0.1) is 0 Å². The lowest BCUT2D eigenvalue weighted by molar-refractivity contribution is -0.149. The van der Waals surface area contributed by atoms with E-state index in [9.17, 15) is 9.90 Å². The summed E-state index contributed by atoms with van der Waals surface area (Å²) in [6, 6.07) is 0. The molecule has 0 spiro atoms. The Balaban J connectivity index is 4.35. The number of hydrogen-bond acceptors (Lipinski definition) is 2. The zero-order valence-corrected chi connectivity index (χ0v) is 9.38. The molecule has 84 valence electrons. The van der Waals surface area contributed by atoms with Gasteiger partial charge in [-0.3, -0.25) is 4.79 Å². The Morgan fingerprint density at radius 2 is 1.64 bits per heavy atom. The standard InChI is InChI=1S/C11H23NO2/c1-3-5-7-11(9-12,10(13)14)8-6-4-2/h3-9,12H2,1-2H3,(H,13,14). The topological polar surface area (TPSA) is 63.3 Å². The third-order valence-electron chi connectivity index (χ3n) is 2.86. The van der Waals surface area contributed by atoms with Crippen molar-refractivity contribution in [2.45, 2.75) is 52.4 Å². The first-order chi connectivity index (χ1) is 6.63. The summed E-state index contributed by atoms with van der Waals surface area (Å²) in [6.45, 7) is 4.41. The van der Waals surface area contributed by atoms with Crippen molar-refractivity contribution in [2.24, 2.45) is 11.1 Å². The number of carbonyl (C=O) groups is 1. The van der Waals surface area contributed by atoms with Gasteiger partial charge in [-0.25, -0.2) is 0 Å². The summed E-state index contributed by atoms with van der Waals surface area (Å²) in [6.07, 6.45) is 5.40. The van der Waals surface area contributed by atoms with Crippen molar-refractivity contribution < 1.29 is 9.90 Å². The molecule has 0 fully saturated rings. The number of rotatable bonds is 8. The fourth-order valence-corrected chi connectivity index (χ4v) is 1.66. The maximum atomic E-state index is 11.2. The van der Waals surface area contributed by atoms with Crippen LogP contribution in [0.5, 0.6) is 0 Å². The van der Waals surface area contributed by atoms with Gasteiger partial charge in [0.2, 0.25) is 0 Å². The van der Waals surface area contributed by atoms with Crippen molar-refractivity contribution in [3.8, 4) is 0 Å². The molecular formula is C11H23NO2. The van der Waals surface area contributed by atoms with Crippen molar-refractivity contribution in [3.05, 3.63) is 0 Å². The molecule has 0 aromatic carbocycles. The Bertz CT molecular complexity index is 161. The van der Waals surface area contributed by atoms with Gasteiger partial charge in [0, 0.05) is 6.54 Å². The average Bonchev–Trinajstić information content (AvgIpc) is 2.18. The van der Waals surface area contributed by atoms with Crippen LogP contribution in [-0.4, -0.2) is 17.6 Å². The fraction of sp³-hybridized carbons (Fsp3) is 0.909. The smallest absolute Gasteiger partial charge is 0.310 e. The molecule has 0 amide bonds. The second-order valence-electron chi connectivity index (χ2n) is 4.00. The van der Waals surface area contributed by atoms with E-state index in [2.05, 4.69) is 13.8 Å². The molecule has 0 aliphatic rings. The summed E-state index contributed by atoms with van der Waals surface area (Å²) >= 11 is 0.